The van der Waals surface area contributed by atoms with Gasteiger partial charge < -0.3 is 0 Å². The number of benzene rings is 1. The van der Waals surface area contributed by atoms with Crippen LogP contribution in [-0.4, -0.2) is 0 Å². The lowest BCUT2D eigenvalue weighted by Gasteiger charge is -2.07. The Morgan fingerprint density at radius 2 is 2.07 bits per heavy atom. The van der Waals surface area contributed by atoms with Crippen molar-refractivity contribution in [3.05, 3.63) is 47.5 Å². The fraction of sp³-hybridized carbons (Fsp3) is 0.385. The minimum Gasteiger partial charge on any atom is -0.204 e. The summed E-state index contributed by atoms with van der Waals surface area (Å²) in [6.45, 7) is 4.04. The zero-order valence-electron chi connectivity index (χ0n) is 9.13. The average Bonchev–Trinajstić information content (AvgIpc) is 2.22. The Morgan fingerprint density at radius 3 is 2.73 bits per heavy atom. The van der Waals surface area contributed by atoms with E-state index in [-0.39, 0.29) is 5.92 Å². The highest BCUT2D eigenvalue weighted by atomic mass is 19.2. The van der Waals surface area contributed by atoms with Crippen molar-refractivity contribution in [3.8, 4) is 0 Å². The highest BCUT2D eigenvalue weighted by molar-refractivity contribution is 5.20. The van der Waals surface area contributed by atoms with E-state index in [0.29, 0.717) is 12.0 Å². The Balaban J connectivity index is 2.72. The van der Waals surface area contributed by atoms with Crippen LogP contribution in [0.4, 0.5) is 8.78 Å². The number of rotatable bonds is 4. The zero-order chi connectivity index (χ0) is 11.3. The van der Waals surface area contributed by atoms with Gasteiger partial charge in [-0.2, -0.15) is 0 Å². The topological polar surface area (TPSA) is 0 Å². The molecule has 1 aromatic rings. The zero-order valence-corrected chi connectivity index (χ0v) is 9.13. The summed E-state index contributed by atoms with van der Waals surface area (Å²) in [6, 6.07) is 4.32. The molecule has 0 aliphatic rings. The first-order valence-electron chi connectivity index (χ1n) is 5.24. The Bertz CT molecular complexity index is 342. The standard InChI is InChI=1S/C13H16F2/c1-3-4-6-10(2)9-11-7-5-8-12(14)13(11)15/h4-8,10H,3,9H2,1-2H3/b6-4-. The fourth-order valence-corrected chi connectivity index (χ4v) is 1.49. The second-order valence-corrected chi connectivity index (χ2v) is 3.73. The SMILES string of the molecule is CC/C=C\C(C)Cc1cccc(F)c1F. The number of allylic oxidation sites excluding steroid dienone is 2. The third-order valence-corrected chi connectivity index (χ3v) is 2.27. The van der Waals surface area contributed by atoms with Crippen LogP contribution in [0.1, 0.15) is 25.8 Å². The molecule has 82 valence electrons. The van der Waals surface area contributed by atoms with Crippen molar-refractivity contribution in [3.63, 3.8) is 0 Å². The van der Waals surface area contributed by atoms with Crippen LogP contribution in [0.25, 0.3) is 0 Å². The lowest BCUT2D eigenvalue weighted by molar-refractivity contribution is 0.493. The maximum absolute atomic E-state index is 13.3. The lowest BCUT2D eigenvalue weighted by atomic mass is 10.00. The highest BCUT2D eigenvalue weighted by Crippen LogP contribution is 2.16. The largest absolute Gasteiger partial charge is 0.204 e. The number of hydrogen-bond donors (Lipinski definition) is 0. The van der Waals surface area contributed by atoms with E-state index < -0.39 is 11.6 Å². The van der Waals surface area contributed by atoms with E-state index in [4.69, 9.17) is 0 Å². The second-order valence-electron chi connectivity index (χ2n) is 3.73. The first-order valence-corrected chi connectivity index (χ1v) is 5.24. The van der Waals surface area contributed by atoms with Crippen molar-refractivity contribution in [2.75, 3.05) is 0 Å². The highest BCUT2D eigenvalue weighted by Gasteiger charge is 2.09. The van der Waals surface area contributed by atoms with E-state index in [0.717, 1.165) is 12.5 Å². The van der Waals surface area contributed by atoms with Gasteiger partial charge in [0, 0.05) is 0 Å². The third kappa shape index (κ3) is 3.46. The van der Waals surface area contributed by atoms with E-state index >= 15 is 0 Å². The van der Waals surface area contributed by atoms with Gasteiger partial charge in [-0.05, 0) is 30.4 Å². The molecule has 0 spiro atoms. The van der Waals surface area contributed by atoms with Crippen molar-refractivity contribution in [1.29, 1.82) is 0 Å². The molecule has 0 heterocycles. The molecule has 15 heavy (non-hydrogen) atoms. The van der Waals surface area contributed by atoms with E-state index in [9.17, 15) is 8.78 Å². The molecule has 0 saturated heterocycles. The molecule has 1 aromatic carbocycles. The van der Waals surface area contributed by atoms with Crippen molar-refractivity contribution in [1.82, 2.24) is 0 Å². The number of hydrogen-bond acceptors (Lipinski definition) is 0. The van der Waals surface area contributed by atoms with Gasteiger partial charge in [-0.15, -0.1) is 0 Å². The van der Waals surface area contributed by atoms with Crippen LogP contribution in [0, 0.1) is 17.6 Å². The molecule has 1 atom stereocenters. The first-order chi connectivity index (χ1) is 7.15. The van der Waals surface area contributed by atoms with Gasteiger partial charge in [0.25, 0.3) is 0 Å². The molecule has 0 aliphatic heterocycles. The predicted octanol–water partition coefficient (Wildman–Crippen LogP) is 4.11. The van der Waals surface area contributed by atoms with Gasteiger partial charge in [-0.1, -0.05) is 38.1 Å². The Labute approximate surface area is 89.6 Å². The van der Waals surface area contributed by atoms with Gasteiger partial charge in [0.2, 0.25) is 0 Å². The Morgan fingerprint density at radius 1 is 1.33 bits per heavy atom. The van der Waals surface area contributed by atoms with E-state index in [1.165, 1.54) is 0 Å². The molecule has 0 bridgehead atoms. The average molecular weight is 210 g/mol. The summed E-state index contributed by atoms with van der Waals surface area (Å²) in [6.07, 6.45) is 5.59. The van der Waals surface area contributed by atoms with Crippen LogP contribution in [0.5, 0.6) is 0 Å². The van der Waals surface area contributed by atoms with Crippen molar-refractivity contribution < 1.29 is 8.78 Å². The van der Waals surface area contributed by atoms with Crippen molar-refractivity contribution in [2.24, 2.45) is 5.92 Å². The molecule has 0 N–H and O–H groups in total. The molecule has 0 fully saturated rings. The van der Waals surface area contributed by atoms with E-state index in [2.05, 4.69) is 0 Å². The molecule has 0 aliphatic carbocycles. The van der Waals surface area contributed by atoms with Gasteiger partial charge >= 0.3 is 0 Å². The van der Waals surface area contributed by atoms with Crippen LogP contribution in [0.3, 0.4) is 0 Å². The Kier molecular flexibility index (Phi) is 4.47. The molecule has 0 saturated carbocycles. The monoisotopic (exact) mass is 210 g/mol. The smallest absolute Gasteiger partial charge is 0.162 e. The number of halogens is 2. The van der Waals surface area contributed by atoms with Crippen LogP contribution in [0.2, 0.25) is 0 Å². The predicted molar refractivity (Wildman–Crippen MR) is 58.7 cm³/mol. The summed E-state index contributed by atoms with van der Waals surface area (Å²) in [5, 5.41) is 0. The van der Waals surface area contributed by atoms with Gasteiger partial charge in [-0.25, -0.2) is 8.78 Å². The molecular formula is C13H16F2. The van der Waals surface area contributed by atoms with Crippen molar-refractivity contribution >= 4 is 0 Å². The molecule has 0 radical (unpaired) electrons. The second kappa shape index (κ2) is 5.64. The lowest BCUT2D eigenvalue weighted by Crippen LogP contribution is -2.00. The maximum atomic E-state index is 13.3. The molecule has 1 unspecified atom stereocenters. The quantitative estimate of drug-likeness (QED) is 0.656. The summed E-state index contributed by atoms with van der Waals surface area (Å²) in [5.41, 5.74) is 0.447. The fourth-order valence-electron chi connectivity index (χ4n) is 1.49. The molecule has 0 amide bonds. The van der Waals surface area contributed by atoms with Gasteiger partial charge in [0.05, 0.1) is 0 Å². The van der Waals surface area contributed by atoms with Gasteiger partial charge in [0.1, 0.15) is 0 Å². The summed E-state index contributed by atoms with van der Waals surface area (Å²) < 4.78 is 26.2. The summed E-state index contributed by atoms with van der Waals surface area (Å²) >= 11 is 0. The normalized spacial score (nSPS) is 13.3. The molecule has 0 nitrogen and oxygen atoms in total. The maximum Gasteiger partial charge on any atom is 0.162 e. The molecular weight excluding hydrogens is 194 g/mol. The van der Waals surface area contributed by atoms with Gasteiger partial charge in [-0.3, -0.25) is 0 Å². The summed E-state index contributed by atoms with van der Waals surface area (Å²) in [4.78, 5) is 0. The van der Waals surface area contributed by atoms with Gasteiger partial charge in [0.15, 0.2) is 11.6 Å². The van der Waals surface area contributed by atoms with Crippen LogP contribution in [0.15, 0.2) is 30.4 Å². The molecule has 2 heteroatoms. The van der Waals surface area contributed by atoms with E-state index in [1.807, 2.05) is 26.0 Å². The van der Waals surface area contributed by atoms with Crippen molar-refractivity contribution in [2.45, 2.75) is 26.7 Å². The molecule has 0 aromatic heterocycles. The summed E-state index contributed by atoms with van der Waals surface area (Å²) in [7, 11) is 0. The third-order valence-electron chi connectivity index (χ3n) is 2.27. The van der Waals surface area contributed by atoms with Crippen LogP contribution >= 0.6 is 0 Å². The minimum atomic E-state index is -0.765. The van der Waals surface area contributed by atoms with Crippen LogP contribution < -0.4 is 0 Å². The first kappa shape index (κ1) is 11.9. The minimum absolute atomic E-state index is 0.237. The molecule has 1 rings (SSSR count). The van der Waals surface area contributed by atoms with Crippen LogP contribution in [-0.2, 0) is 6.42 Å². The van der Waals surface area contributed by atoms with E-state index in [1.54, 1.807) is 12.1 Å². The summed E-state index contributed by atoms with van der Waals surface area (Å²) in [5.74, 6) is -1.24. The Hall–Kier alpha value is -1.18.